The van der Waals surface area contributed by atoms with Crippen LogP contribution in [0.5, 0.6) is 0 Å². The predicted octanol–water partition coefficient (Wildman–Crippen LogP) is 2.47. The van der Waals surface area contributed by atoms with E-state index in [9.17, 15) is 9.59 Å². The third kappa shape index (κ3) is 8.26. The Kier molecular flexibility index (Phi) is 7.60. The first-order chi connectivity index (χ1) is 7.43. The standard InChI is InChI=1S/C12H22O4/c1-9(2)10(3)5-4-6-12(15)16-8-7-11(13)14/h9-10H,4-8H2,1-3H3,(H,13,14). The molecule has 0 aliphatic rings. The average molecular weight is 230 g/mol. The van der Waals surface area contributed by atoms with Crippen molar-refractivity contribution in [1.29, 1.82) is 0 Å². The van der Waals surface area contributed by atoms with E-state index in [0.29, 0.717) is 18.3 Å². The van der Waals surface area contributed by atoms with Crippen LogP contribution in [0.25, 0.3) is 0 Å². The van der Waals surface area contributed by atoms with Gasteiger partial charge in [0.15, 0.2) is 0 Å². The van der Waals surface area contributed by atoms with Crippen molar-refractivity contribution in [1.82, 2.24) is 0 Å². The minimum Gasteiger partial charge on any atom is -0.481 e. The molecule has 0 bridgehead atoms. The molecule has 0 fully saturated rings. The maximum absolute atomic E-state index is 11.2. The van der Waals surface area contributed by atoms with E-state index >= 15 is 0 Å². The van der Waals surface area contributed by atoms with Gasteiger partial charge in [-0.1, -0.05) is 20.8 Å². The molecule has 0 saturated carbocycles. The number of carbonyl (C=O) groups excluding carboxylic acids is 1. The number of carbonyl (C=O) groups is 2. The number of carboxylic acid groups (broad SMARTS) is 1. The zero-order valence-corrected chi connectivity index (χ0v) is 10.4. The number of hydrogen-bond donors (Lipinski definition) is 1. The molecule has 0 aliphatic carbocycles. The third-order valence-corrected chi connectivity index (χ3v) is 2.76. The number of esters is 1. The molecule has 0 spiro atoms. The molecule has 0 heterocycles. The summed E-state index contributed by atoms with van der Waals surface area (Å²) in [5.41, 5.74) is 0. The fraction of sp³-hybridized carbons (Fsp3) is 0.833. The largest absolute Gasteiger partial charge is 0.481 e. The minimum atomic E-state index is -0.943. The summed E-state index contributed by atoms with van der Waals surface area (Å²) in [6.45, 7) is 6.47. The van der Waals surface area contributed by atoms with Gasteiger partial charge in [0.05, 0.1) is 6.42 Å². The highest BCUT2D eigenvalue weighted by molar-refractivity contribution is 5.70. The van der Waals surface area contributed by atoms with Crippen molar-refractivity contribution in [3.05, 3.63) is 0 Å². The average Bonchev–Trinajstić information content (AvgIpc) is 2.16. The molecule has 1 atom stereocenters. The zero-order chi connectivity index (χ0) is 12.6. The van der Waals surface area contributed by atoms with Gasteiger partial charge in [0, 0.05) is 6.42 Å². The Balaban J connectivity index is 3.47. The maximum atomic E-state index is 11.2. The van der Waals surface area contributed by atoms with Gasteiger partial charge < -0.3 is 9.84 Å². The van der Waals surface area contributed by atoms with E-state index < -0.39 is 5.97 Å². The monoisotopic (exact) mass is 230 g/mol. The van der Waals surface area contributed by atoms with Crippen LogP contribution < -0.4 is 0 Å². The van der Waals surface area contributed by atoms with Gasteiger partial charge >= 0.3 is 11.9 Å². The number of ether oxygens (including phenoxy) is 1. The summed E-state index contributed by atoms with van der Waals surface area (Å²) in [4.78, 5) is 21.3. The van der Waals surface area contributed by atoms with Crippen molar-refractivity contribution in [3.8, 4) is 0 Å². The molecule has 0 aromatic carbocycles. The Hall–Kier alpha value is -1.06. The fourth-order valence-electron chi connectivity index (χ4n) is 1.23. The molecule has 4 heteroatoms. The van der Waals surface area contributed by atoms with Gasteiger partial charge in [0.25, 0.3) is 0 Å². The van der Waals surface area contributed by atoms with Crippen molar-refractivity contribution in [2.24, 2.45) is 11.8 Å². The van der Waals surface area contributed by atoms with E-state index in [4.69, 9.17) is 9.84 Å². The van der Waals surface area contributed by atoms with Crippen molar-refractivity contribution in [2.45, 2.75) is 46.5 Å². The molecule has 0 radical (unpaired) electrons. The predicted molar refractivity (Wildman–Crippen MR) is 61.1 cm³/mol. The summed E-state index contributed by atoms with van der Waals surface area (Å²) in [6, 6.07) is 0. The van der Waals surface area contributed by atoms with E-state index in [1.54, 1.807) is 0 Å². The van der Waals surface area contributed by atoms with Gasteiger partial charge in [-0.05, 0) is 24.7 Å². The molecule has 94 valence electrons. The van der Waals surface area contributed by atoms with Crippen LogP contribution >= 0.6 is 0 Å². The molecular formula is C12H22O4. The Morgan fingerprint density at radius 2 is 1.81 bits per heavy atom. The van der Waals surface area contributed by atoms with Crippen LogP contribution in [0.1, 0.15) is 46.5 Å². The van der Waals surface area contributed by atoms with Crippen LogP contribution in [0.3, 0.4) is 0 Å². The second-order valence-electron chi connectivity index (χ2n) is 4.48. The molecule has 0 saturated heterocycles. The van der Waals surface area contributed by atoms with Gasteiger partial charge in [0.1, 0.15) is 6.61 Å². The van der Waals surface area contributed by atoms with Crippen molar-refractivity contribution in [2.75, 3.05) is 6.61 Å². The van der Waals surface area contributed by atoms with Gasteiger partial charge in [-0.25, -0.2) is 0 Å². The van der Waals surface area contributed by atoms with Gasteiger partial charge in [0.2, 0.25) is 0 Å². The van der Waals surface area contributed by atoms with Crippen molar-refractivity contribution >= 4 is 11.9 Å². The Labute approximate surface area is 97.0 Å². The fourth-order valence-corrected chi connectivity index (χ4v) is 1.23. The Morgan fingerprint density at radius 1 is 1.19 bits per heavy atom. The SMILES string of the molecule is CC(C)C(C)CCCC(=O)OCCC(=O)O. The van der Waals surface area contributed by atoms with Gasteiger partial charge in [-0.3, -0.25) is 9.59 Å². The molecule has 16 heavy (non-hydrogen) atoms. The van der Waals surface area contributed by atoms with Crippen molar-refractivity contribution < 1.29 is 19.4 Å². The van der Waals surface area contributed by atoms with Crippen LogP contribution in [-0.4, -0.2) is 23.7 Å². The van der Waals surface area contributed by atoms with Crippen LogP contribution in [0, 0.1) is 11.8 Å². The summed E-state index contributed by atoms with van der Waals surface area (Å²) in [5, 5.41) is 8.34. The lowest BCUT2D eigenvalue weighted by atomic mass is 9.93. The highest BCUT2D eigenvalue weighted by Crippen LogP contribution is 2.16. The maximum Gasteiger partial charge on any atom is 0.306 e. The van der Waals surface area contributed by atoms with Gasteiger partial charge in [-0.15, -0.1) is 0 Å². The summed E-state index contributed by atoms with van der Waals surface area (Å²) >= 11 is 0. The van der Waals surface area contributed by atoms with Crippen LogP contribution in [0.2, 0.25) is 0 Å². The van der Waals surface area contributed by atoms with Crippen LogP contribution in [0.15, 0.2) is 0 Å². The molecule has 4 nitrogen and oxygen atoms in total. The number of rotatable bonds is 8. The van der Waals surface area contributed by atoms with Gasteiger partial charge in [-0.2, -0.15) is 0 Å². The second kappa shape index (κ2) is 8.13. The Bertz CT molecular complexity index is 223. The lowest BCUT2D eigenvalue weighted by Crippen LogP contribution is -2.10. The molecule has 0 rings (SSSR count). The summed E-state index contributed by atoms with van der Waals surface area (Å²) in [6.07, 6.45) is 2.09. The highest BCUT2D eigenvalue weighted by atomic mass is 16.5. The molecule has 0 aromatic rings. The Morgan fingerprint density at radius 3 is 2.31 bits per heavy atom. The van der Waals surface area contributed by atoms with E-state index in [0.717, 1.165) is 12.8 Å². The number of hydrogen-bond acceptors (Lipinski definition) is 3. The highest BCUT2D eigenvalue weighted by Gasteiger charge is 2.09. The summed E-state index contributed by atoms with van der Waals surface area (Å²) in [7, 11) is 0. The molecule has 1 N–H and O–H groups in total. The summed E-state index contributed by atoms with van der Waals surface area (Å²) in [5.74, 6) is -0.00622. The first-order valence-electron chi connectivity index (χ1n) is 5.81. The lowest BCUT2D eigenvalue weighted by molar-refractivity contribution is -0.146. The van der Waals surface area contributed by atoms with E-state index in [1.165, 1.54) is 0 Å². The number of carboxylic acids is 1. The molecule has 0 aliphatic heterocycles. The summed E-state index contributed by atoms with van der Waals surface area (Å²) < 4.78 is 4.78. The molecule has 0 aromatic heterocycles. The zero-order valence-electron chi connectivity index (χ0n) is 10.4. The van der Waals surface area contributed by atoms with Crippen LogP contribution in [-0.2, 0) is 14.3 Å². The normalized spacial score (nSPS) is 12.5. The topological polar surface area (TPSA) is 63.6 Å². The molecule has 1 unspecified atom stereocenters. The smallest absolute Gasteiger partial charge is 0.306 e. The first-order valence-corrected chi connectivity index (χ1v) is 5.81. The quantitative estimate of drug-likeness (QED) is 0.650. The minimum absolute atomic E-state index is 0.0199. The number of aliphatic carboxylic acids is 1. The first kappa shape index (κ1) is 14.9. The van der Waals surface area contributed by atoms with Crippen molar-refractivity contribution in [3.63, 3.8) is 0 Å². The third-order valence-electron chi connectivity index (χ3n) is 2.76. The lowest BCUT2D eigenvalue weighted by Gasteiger charge is -2.14. The molecular weight excluding hydrogens is 208 g/mol. The van der Waals surface area contributed by atoms with E-state index in [1.807, 2.05) is 0 Å². The second-order valence-corrected chi connectivity index (χ2v) is 4.48. The van der Waals surface area contributed by atoms with Crippen LogP contribution in [0.4, 0.5) is 0 Å². The molecule has 0 amide bonds. The van der Waals surface area contributed by atoms with E-state index in [-0.39, 0.29) is 19.0 Å². The van der Waals surface area contributed by atoms with E-state index in [2.05, 4.69) is 20.8 Å².